The average Bonchev–Trinajstić information content (AvgIpc) is 2.62. The number of rotatable bonds is 4. The van der Waals surface area contributed by atoms with E-state index in [1.165, 1.54) is 25.7 Å². The van der Waals surface area contributed by atoms with E-state index in [2.05, 4.69) is 10.4 Å². The van der Waals surface area contributed by atoms with Crippen LogP contribution in [0.3, 0.4) is 0 Å². The molecule has 1 heterocycles. The van der Waals surface area contributed by atoms with Gasteiger partial charge in [-0.25, -0.2) is 0 Å². The summed E-state index contributed by atoms with van der Waals surface area (Å²) in [6.45, 7) is 2.79. The highest BCUT2D eigenvalue weighted by Crippen LogP contribution is 2.26. The van der Waals surface area contributed by atoms with Crippen LogP contribution in [0.15, 0.2) is 0 Å². The largest absolute Gasteiger partial charge is 0.309 e. The second-order valence-corrected chi connectivity index (χ2v) is 5.83. The maximum absolute atomic E-state index is 6.24. The fraction of sp³-hybridized carbons (Fsp3) is 0.769. The van der Waals surface area contributed by atoms with Gasteiger partial charge in [-0.2, -0.15) is 5.10 Å². The van der Waals surface area contributed by atoms with Gasteiger partial charge in [0.05, 0.1) is 5.69 Å². The number of nitrogens with one attached hydrogen (secondary N) is 1. The van der Waals surface area contributed by atoms with Crippen molar-refractivity contribution in [3.8, 4) is 0 Å². The van der Waals surface area contributed by atoms with Crippen LogP contribution in [0, 0.1) is 12.8 Å². The smallest absolute Gasteiger partial charge is 0.131 e. The van der Waals surface area contributed by atoms with Gasteiger partial charge in [0, 0.05) is 31.1 Å². The predicted molar refractivity (Wildman–Crippen MR) is 76.3 cm³/mol. The Hall–Kier alpha value is -0.250. The Labute approximate surface area is 119 Å². The molecule has 1 saturated carbocycles. The van der Waals surface area contributed by atoms with Gasteiger partial charge >= 0.3 is 0 Å². The maximum atomic E-state index is 6.24. The highest BCUT2D eigenvalue weighted by molar-refractivity contribution is 6.30. The standard InChI is InChI=1S/C13H21Cl2N3/c1-9-11(13(15)18(2)17-9)8-16-12-6-4-3-5-10(12)7-14/h10,12,16H,3-8H2,1-2H3. The Bertz CT molecular complexity index is 403. The molecule has 2 atom stereocenters. The lowest BCUT2D eigenvalue weighted by atomic mass is 9.85. The minimum Gasteiger partial charge on any atom is -0.309 e. The Balaban J connectivity index is 1.98. The van der Waals surface area contributed by atoms with Gasteiger partial charge in [0.15, 0.2) is 0 Å². The highest BCUT2D eigenvalue weighted by atomic mass is 35.5. The molecule has 0 saturated heterocycles. The summed E-state index contributed by atoms with van der Waals surface area (Å²) in [6, 6.07) is 0.520. The quantitative estimate of drug-likeness (QED) is 0.863. The SMILES string of the molecule is Cc1nn(C)c(Cl)c1CNC1CCCCC1CCl. The Morgan fingerprint density at radius 2 is 2.11 bits per heavy atom. The topological polar surface area (TPSA) is 29.9 Å². The molecule has 2 rings (SSSR count). The first-order valence-corrected chi connectivity index (χ1v) is 7.52. The minimum atomic E-state index is 0.520. The molecule has 1 aromatic rings. The van der Waals surface area contributed by atoms with E-state index in [1.807, 2.05) is 14.0 Å². The molecule has 1 aliphatic rings. The van der Waals surface area contributed by atoms with E-state index in [9.17, 15) is 0 Å². The van der Waals surface area contributed by atoms with Crippen LogP contribution in [0.1, 0.15) is 36.9 Å². The summed E-state index contributed by atoms with van der Waals surface area (Å²) in [5, 5.41) is 8.68. The zero-order chi connectivity index (χ0) is 13.1. The minimum absolute atomic E-state index is 0.520. The zero-order valence-corrected chi connectivity index (χ0v) is 12.6. The van der Waals surface area contributed by atoms with Crippen molar-refractivity contribution in [1.29, 1.82) is 0 Å². The van der Waals surface area contributed by atoms with E-state index in [0.29, 0.717) is 12.0 Å². The van der Waals surface area contributed by atoms with E-state index in [1.54, 1.807) is 4.68 Å². The molecule has 0 amide bonds. The van der Waals surface area contributed by atoms with Gasteiger partial charge in [-0.1, -0.05) is 24.4 Å². The van der Waals surface area contributed by atoms with Crippen molar-refractivity contribution in [1.82, 2.24) is 15.1 Å². The maximum Gasteiger partial charge on any atom is 0.131 e. The first-order valence-electron chi connectivity index (χ1n) is 6.60. The molecule has 0 aromatic carbocycles. The summed E-state index contributed by atoms with van der Waals surface area (Å²) in [4.78, 5) is 0. The third kappa shape index (κ3) is 3.01. The van der Waals surface area contributed by atoms with Gasteiger partial charge < -0.3 is 5.32 Å². The Morgan fingerprint density at radius 3 is 2.72 bits per heavy atom. The van der Waals surface area contributed by atoms with Crippen LogP contribution in [0.25, 0.3) is 0 Å². The van der Waals surface area contributed by atoms with Gasteiger partial charge in [-0.05, 0) is 25.7 Å². The van der Waals surface area contributed by atoms with Crippen LogP contribution in [-0.2, 0) is 13.6 Å². The fourth-order valence-electron chi connectivity index (χ4n) is 2.77. The molecule has 0 spiro atoms. The first kappa shape index (κ1) is 14.2. The molecule has 5 heteroatoms. The summed E-state index contributed by atoms with van der Waals surface area (Å²) in [5.74, 6) is 1.34. The number of alkyl halides is 1. The molecule has 3 nitrogen and oxygen atoms in total. The van der Waals surface area contributed by atoms with Gasteiger partial charge in [-0.15, -0.1) is 11.6 Å². The summed E-state index contributed by atoms with van der Waals surface area (Å²) >= 11 is 12.3. The Kier molecular flexibility index (Phi) is 4.93. The molecule has 0 bridgehead atoms. The van der Waals surface area contributed by atoms with Gasteiger partial charge in [0.2, 0.25) is 0 Å². The molecule has 0 radical (unpaired) electrons. The third-order valence-corrected chi connectivity index (χ3v) is 4.79. The van der Waals surface area contributed by atoms with Crippen LogP contribution in [0.5, 0.6) is 0 Å². The monoisotopic (exact) mass is 289 g/mol. The van der Waals surface area contributed by atoms with Crippen molar-refractivity contribution in [2.75, 3.05) is 5.88 Å². The lowest BCUT2D eigenvalue weighted by Gasteiger charge is -2.31. The lowest BCUT2D eigenvalue weighted by molar-refractivity contribution is 0.282. The van der Waals surface area contributed by atoms with Crippen LogP contribution in [-0.4, -0.2) is 21.7 Å². The lowest BCUT2D eigenvalue weighted by Crippen LogP contribution is -2.39. The van der Waals surface area contributed by atoms with Crippen LogP contribution < -0.4 is 5.32 Å². The number of aryl methyl sites for hydroxylation is 2. The summed E-state index contributed by atoms with van der Waals surface area (Å²) in [5.41, 5.74) is 2.12. The zero-order valence-electron chi connectivity index (χ0n) is 11.0. The van der Waals surface area contributed by atoms with Crippen LogP contribution in [0.4, 0.5) is 0 Å². The van der Waals surface area contributed by atoms with Crippen molar-refractivity contribution in [3.63, 3.8) is 0 Å². The number of hydrogen-bond acceptors (Lipinski definition) is 2. The molecule has 18 heavy (non-hydrogen) atoms. The van der Waals surface area contributed by atoms with Crippen molar-refractivity contribution < 1.29 is 0 Å². The number of hydrogen-bond donors (Lipinski definition) is 1. The van der Waals surface area contributed by atoms with Crippen molar-refractivity contribution in [3.05, 3.63) is 16.4 Å². The van der Waals surface area contributed by atoms with Crippen LogP contribution >= 0.6 is 23.2 Å². The van der Waals surface area contributed by atoms with E-state index in [0.717, 1.165) is 28.8 Å². The summed E-state index contributed by atoms with van der Waals surface area (Å²) < 4.78 is 1.73. The van der Waals surface area contributed by atoms with E-state index in [-0.39, 0.29) is 0 Å². The van der Waals surface area contributed by atoms with Crippen LogP contribution in [0.2, 0.25) is 5.15 Å². The molecule has 102 valence electrons. The summed E-state index contributed by atoms with van der Waals surface area (Å²) in [6.07, 6.45) is 5.06. The molecule has 0 aliphatic heterocycles. The van der Waals surface area contributed by atoms with E-state index in [4.69, 9.17) is 23.2 Å². The molecule has 1 aliphatic carbocycles. The third-order valence-electron chi connectivity index (χ3n) is 3.92. The van der Waals surface area contributed by atoms with Crippen molar-refractivity contribution >= 4 is 23.2 Å². The first-order chi connectivity index (χ1) is 8.63. The molecule has 2 unspecified atom stereocenters. The normalized spacial score (nSPS) is 24.4. The van der Waals surface area contributed by atoms with Crippen molar-refractivity contribution in [2.45, 2.75) is 45.2 Å². The predicted octanol–water partition coefficient (Wildman–Crippen LogP) is 3.27. The molecule has 1 N–H and O–H groups in total. The molecular weight excluding hydrogens is 269 g/mol. The second kappa shape index (κ2) is 6.27. The van der Waals surface area contributed by atoms with E-state index >= 15 is 0 Å². The number of nitrogens with zero attached hydrogens (tertiary/aromatic N) is 2. The number of halogens is 2. The highest BCUT2D eigenvalue weighted by Gasteiger charge is 2.24. The number of aromatic nitrogens is 2. The van der Waals surface area contributed by atoms with Gasteiger partial charge in [0.25, 0.3) is 0 Å². The van der Waals surface area contributed by atoms with Gasteiger partial charge in [-0.3, -0.25) is 4.68 Å². The Morgan fingerprint density at radius 1 is 1.39 bits per heavy atom. The van der Waals surface area contributed by atoms with Crippen molar-refractivity contribution in [2.24, 2.45) is 13.0 Å². The molecular formula is C13H21Cl2N3. The second-order valence-electron chi connectivity index (χ2n) is 5.16. The van der Waals surface area contributed by atoms with Gasteiger partial charge in [0.1, 0.15) is 5.15 Å². The fourth-order valence-corrected chi connectivity index (χ4v) is 3.38. The average molecular weight is 290 g/mol. The molecule has 1 aromatic heterocycles. The molecule has 1 fully saturated rings. The van der Waals surface area contributed by atoms with E-state index < -0.39 is 0 Å². The summed E-state index contributed by atoms with van der Waals surface area (Å²) in [7, 11) is 1.88.